The van der Waals surface area contributed by atoms with Crippen molar-refractivity contribution in [3.8, 4) is 34.0 Å². The molecule has 0 bridgehead atoms. The fraction of sp³-hybridized carbons (Fsp3) is 0.182. The van der Waals surface area contributed by atoms with Crippen LogP contribution in [0.3, 0.4) is 0 Å². The first-order chi connectivity index (χ1) is 13.1. The van der Waals surface area contributed by atoms with E-state index in [1.54, 1.807) is 7.11 Å². The lowest BCUT2D eigenvalue weighted by molar-refractivity contribution is 0.104. The van der Waals surface area contributed by atoms with Crippen molar-refractivity contribution in [1.29, 1.82) is 0 Å². The molecule has 1 aliphatic rings. The second kappa shape index (κ2) is 5.58. The maximum atomic E-state index is 6.27. The van der Waals surface area contributed by atoms with Gasteiger partial charge in [-0.15, -0.1) is 0 Å². The lowest BCUT2D eigenvalue weighted by atomic mass is 9.91. The van der Waals surface area contributed by atoms with Crippen molar-refractivity contribution < 1.29 is 9.47 Å². The number of fused-ring (bicyclic) bond motifs is 5. The molecule has 0 amide bonds. The Morgan fingerprint density at radius 1 is 1.04 bits per heavy atom. The van der Waals surface area contributed by atoms with Crippen molar-refractivity contribution in [3.05, 3.63) is 66.4 Å². The Morgan fingerprint density at radius 2 is 1.85 bits per heavy atom. The summed E-state index contributed by atoms with van der Waals surface area (Å²) >= 11 is 0. The predicted octanol–water partition coefficient (Wildman–Crippen LogP) is 4.70. The first-order valence-electron chi connectivity index (χ1n) is 8.89. The molecule has 134 valence electrons. The molecule has 5 rings (SSSR count). The summed E-state index contributed by atoms with van der Waals surface area (Å²) in [6, 6.07) is 18.0. The molecule has 3 heterocycles. The molecule has 0 fully saturated rings. The largest absolute Gasteiger partial charge is 0.497 e. The van der Waals surface area contributed by atoms with Crippen molar-refractivity contribution in [2.75, 3.05) is 7.11 Å². The van der Waals surface area contributed by atoms with Gasteiger partial charge in [-0.3, -0.25) is 0 Å². The minimum atomic E-state index is -0.519. The molecule has 0 radical (unpaired) electrons. The highest BCUT2D eigenvalue weighted by Crippen LogP contribution is 2.46. The van der Waals surface area contributed by atoms with Gasteiger partial charge in [-0.2, -0.15) is 5.10 Å². The smallest absolute Gasteiger partial charge is 0.156 e. The molecule has 0 unspecified atom stereocenters. The van der Waals surface area contributed by atoms with Crippen molar-refractivity contribution >= 4 is 5.65 Å². The third-order valence-corrected chi connectivity index (χ3v) is 5.01. The van der Waals surface area contributed by atoms with Gasteiger partial charge in [0.15, 0.2) is 5.65 Å². The minimum Gasteiger partial charge on any atom is -0.497 e. The van der Waals surface area contributed by atoms with E-state index in [0.29, 0.717) is 0 Å². The SMILES string of the molecule is COc1ccc2c(c1)OC(C)(C)c1cnc3cc(-c4ccccc4)nn3c1-2. The first kappa shape index (κ1) is 15.9. The number of methoxy groups -OCH3 is 1. The highest BCUT2D eigenvalue weighted by Gasteiger charge is 2.35. The summed E-state index contributed by atoms with van der Waals surface area (Å²) in [4.78, 5) is 4.64. The van der Waals surface area contributed by atoms with Gasteiger partial charge in [0.05, 0.1) is 18.5 Å². The van der Waals surface area contributed by atoms with Crippen LogP contribution in [0.4, 0.5) is 0 Å². The molecule has 0 atom stereocenters. The van der Waals surface area contributed by atoms with E-state index in [-0.39, 0.29) is 0 Å². The molecule has 5 heteroatoms. The summed E-state index contributed by atoms with van der Waals surface area (Å²) in [5.41, 5.74) is 5.27. The summed E-state index contributed by atoms with van der Waals surface area (Å²) in [5.74, 6) is 1.56. The van der Waals surface area contributed by atoms with Gasteiger partial charge in [-0.25, -0.2) is 9.50 Å². The minimum absolute atomic E-state index is 0.519. The number of hydrogen-bond acceptors (Lipinski definition) is 4. The van der Waals surface area contributed by atoms with Gasteiger partial charge in [-0.05, 0) is 26.0 Å². The fourth-order valence-corrected chi connectivity index (χ4v) is 3.62. The Bertz CT molecular complexity index is 1160. The van der Waals surface area contributed by atoms with E-state index in [4.69, 9.17) is 14.6 Å². The lowest BCUT2D eigenvalue weighted by Crippen LogP contribution is -2.30. The predicted molar refractivity (Wildman–Crippen MR) is 104 cm³/mol. The zero-order valence-corrected chi connectivity index (χ0v) is 15.4. The normalized spacial score (nSPS) is 14.3. The number of rotatable bonds is 2. The molecule has 1 aliphatic heterocycles. The number of nitrogens with zero attached hydrogens (tertiary/aromatic N) is 3. The average Bonchev–Trinajstić information content (AvgIpc) is 3.12. The number of ether oxygens (including phenoxy) is 2. The third-order valence-electron chi connectivity index (χ3n) is 5.01. The second-order valence-corrected chi connectivity index (χ2v) is 7.16. The summed E-state index contributed by atoms with van der Waals surface area (Å²) in [6.45, 7) is 4.09. The van der Waals surface area contributed by atoms with Crippen LogP contribution in [0.15, 0.2) is 60.8 Å². The van der Waals surface area contributed by atoms with Crippen LogP contribution in [-0.2, 0) is 5.60 Å². The lowest BCUT2D eigenvalue weighted by Gasteiger charge is -2.34. The summed E-state index contributed by atoms with van der Waals surface area (Å²) < 4.78 is 13.6. The molecule has 4 aromatic rings. The maximum Gasteiger partial charge on any atom is 0.156 e. The van der Waals surface area contributed by atoms with E-state index < -0.39 is 5.60 Å². The van der Waals surface area contributed by atoms with Crippen LogP contribution in [0.5, 0.6) is 11.5 Å². The van der Waals surface area contributed by atoms with E-state index in [9.17, 15) is 0 Å². The maximum absolute atomic E-state index is 6.27. The first-order valence-corrected chi connectivity index (χ1v) is 8.89. The van der Waals surface area contributed by atoms with Gasteiger partial charge in [0.2, 0.25) is 0 Å². The Balaban J connectivity index is 1.80. The molecule has 27 heavy (non-hydrogen) atoms. The Hall–Kier alpha value is -3.34. The van der Waals surface area contributed by atoms with Gasteiger partial charge in [0.25, 0.3) is 0 Å². The highest BCUT2D eigenvalue weighted by molar-refractivity contribution is 5.77. The zero-order chi connectivity index (χ0) is 18.6. The summed E-state index contributed by atoms with van der Waals surface area (Å²) in [7, 11) is 1.66. The number of aromatic nitrogens is 3. The molecule has 0 aliphatic carbocycles. The van der Waals surface area contributed by atoms with E-state index >= 15 is 0 Å². The fourth-order valence-electron chi connectivity index (χ4n) is 3.62. The van der Waals surface area contributed by atoms with Crippen molar-refractivity contribution in [3.63, 3.8) is 0 Å². The van der Waals surface area contributed by atoms with Crippen molar-refractivity contribution in [2.24, 2.45) is 0 Å². The van der Waals surface area contributed by atoms with Crippen molar-refractivity contribution in [2.45, 2.75) is 19.4 Å². The van der Waals surface area contributed by atoms with Crippen molar-refractivity contribution in [1.82, 2.24) is 14.6 Å². The van der Waals surface area contributed by atoms with Crippen LogP contribution in [0, 0.1) is 0 Å². The van der Waals surface area contributed by atoms with E-state index in [1.165, 1.54) is 0 Å². The van der Waals surface area contributed by atoms with Gasteiger partial charge in [0, 0.05) is 35.0 Å². The average molecular weight is 357 g/mol. The summed E-state index contributed by atoms with van der Waals surface area (Å²) in [5, 5.41) is 4.87. The quantitative estimate of drug-likeness (QED) is 0.522. The van der Waals surface area contributed by atoms with Crippen LogP contribution < -0.4 is 9.47 Å². The molecule has 0 saturated carbocycles. The van der Waals surface area contributed by atoms with Crippen LogP contribution in [-0.4, -0.2) is 21.7 Å². The Kier molecular flexibility index (Phi) is 3.28. The monoisotopic (exact) mass is 357 g/mol. The zero-order valence-electron chi connectivity index (χ0n) is 15.4. The molecule has 0 spiro atoms. The number of hydrogen-bond donors (Lipinski definition) is 0. The third kappa shape index (κ3) is 2.39. The molecule has 0 saturated heterocycles. The molecule has 0 N–H and O–H groups in total. The van der Waals surface area contributed by atoms with Crippen LogP contribution >= 0.6 is 0 Å². The Labute approximate surface area is 157 Å². The Morgan fingerprint density at radius 3 is 2.63 bits per heavy atom. The molecule has 2 aromatic heterocycles. The van der Waals surface area contributed by atoms with E-state index in [2.05, 4.69) is 17.1 Å². The molecular weight excluding hydrogens is 338 g/mol. The molecule has 5 nitrogen and oxygen atoms in total. The van der Waals surface area contributed by atoms with E-state index in [1.807, 2.05) is 67.0 Å². The van der Waals surface area contributed by atoms with Gasteiger partial charge in [-0.1, -0.05) is 30.3 Å². The standard InChI is InChI=1S/C22H19N3O2/c1-22(2)17-13-23-20-12-18(14-7-5-4-6-8-14)24-25(20)21(17)16-10-9-15(26-3)11-19(16)27-22/h4-13H,1-3H3. The van der Waals surface area contributed by atoms with E-state index in [0.717, 1.165) is 45.2 Å². The topological polar surface area (TPSA) is 48.7 Å². The van der Waals surface area contributed by atoms with Gasteiger partial charge < -0.3 is 9.47 Å². The van der Waals surface area contributed by atoms with Crippen LogP contribution in [0.2, 0.25) is 0 Å². The summed E-state index contributed by atoms with van der Waals surface area (Å²) in [6.07, 6.45) is 1.90. The number of benzene rings is 2. The van der Waals surface area contributed by atoms with Crippen LogP contribution in [0.25, 0.3) is 28.2 Å². The highest BCUT2D eigenvalue weighted by atomic mass is 16.5. The molecule has 2 aromatic carbocycles. The van der Waals surface area contributed by atoms with Crippen LogP contribution in [0.1, 0.15) is 19.4 Å². The van der Waals surface area contributed by atoms with Gasteiger partial charge >= 0.3 is 0 Å². The molecular formula is C22H19N3O2. The van der Waals surface area contributed by atoms with Gasteiger partial charge in [0.1, 0.15) is 17.1 Å². The second-order valence-electron chi connectivity index (χ2n) is 7.16.